The molecule has 0 fully saturated rings. The molecule has 0 saturated carbocycles. The van der Waals surface area contributed by atoms with Gasteiger partial charge in [0.25, 0.3) is 5.56 Å². The lowest BCUT2D eigenvalue weighted by molar-refractivity contribution is 0.622. The van der Waals surface area contributed by atoms with E-state index in [1.54, 1.807) is 9.36 Å². The van der Waals surface area contributed by atoms with Gasteiger partial charge in [0.2, 0.25) is 4.80 Å². The summed E-state index contributed by atoms with van der Waals surface area (Å²) >= 11 is 1.41. The van der Waals surface area contributed by atoms with Crippen molar-refractivity contribution in [2.75, 3.05) is 0 Å². The van der Waals surface area contributed by atoms with E-state index in [2.05, 4.69) is 32.0 Å². The Balaban J connectivity index is 1.56. The van der Waals surface area contributed by atoms with Crippen molar-refractivity contribution in [1.29, 1.82) is 0 Å². The van der Waals surface area contributed by atoms with Crippen LogP contribution in [0.2, 0.25) is 0 Å². The molecule has 0 aliphatic heterocycles. The van der Waals surface area contributed by atoms with E-state index in [-0.39, 0.29) is 5.56 Å². The minimum absolute atomic E-state index is 0.190. The van der Waals surface area contributed by atoms with Crippen molar-refractivity contribution in [1.82, 2.24) is 14.0 Å². The molecule has 3 heterocycles. The maximum atomic E-state index is 13.6. The molecule has 0 atom stereocenters. The largest absolute Gasteiger partial charge is 0.454 e. The van der Waals surface area contributed by atoms with Crippen LogP contribution in [0.4, 0.5) is 5.69 Å². The summed E-state index contributed by atoms with van der Waals surface area (Å²) in [6.07, 6.45) is 1.83. The van der Waals surface area contributed by atoms with Crippen LogP contribution in [0.5, 0.6) is 0 Å². The predicted molar refractivity (Wildman–Crippen MR) is 157 cm³/mol. The molecule has 39 heavy (non-hydrogen) atoms. The lowest BCUT2D eigenvalue weighted by atomic mass is 10.1. The fraction of sp³-hybridized carbons (Fsp3) is 0.129. The second kappa shape index (κ2) is 9.89. The second-order valence-corrected chi connectivity index (χ2v) is 10.3. The number of rotatable bonds is 5. The highest BCUT2D eigenvalue weighted by Gasteiger charge is 2.18. The summed E-state index contributed by atoms with van der Waals surface area (Å²) < 4.78 is 11.4. The molecule has 0 amide bonds. The maximum Gasteiger partial charge on any atom is 0.297 e. The Morgan fingerprint density at radius 2 is 1.69 bits per heavy atom. The van der Waals surface area contributed by atoms with Crippen molar-refractivity contribution in [3.05, 3.63) is 122 Å². The highest BCUT2D eigenvalue weighted by molar-refractivity contribution is 7.07. The lowest BCUT2D eigenvalue weighted by Crippen LogP contribution is -2.19. The van der Waals surface area contributed by atoms with Crippen LogP contribution in [0.15, 0.2) is 104 Å². The van der Waals surface area contributed by atoms with Gasteiger partial charge in [0, 0.05) is 17.8 Å². The Morgan fingerprint density at radius 3 is 2.49 bits per heavy atom. The van der Waals surface area contributed by atoms with Gasteiger partial charge < -0.3 is 4.42 Å². The first-order valence-corrected chi connectivity index (χ1v) is 13.5. The highest BCUT2D eigenvalue weighted by Crippen LogP contribution is 2.28. The Morgan fingerprint density at radius 1 is 0.923 bits per heavy atom. The molecule has 0 unspecified atom stereocenters. The summed E-state index contributed by atoms with van der Waals surface area (Å²) in [4.78, 5) is 19.0. The predicted octanol–water partition coefficient (Wildman–Crippen LogP) is 6.49. The van der Waals surface area contributed by atoms with Crippen LogP contribution >= 0.6 is 11.3 Å². The average Bonchev–Trinajstić information content (AvgIpc) is 3.61. The monoisotopic (exact) mass is 533 g/mol. The minimum atomic E-state index is -0.190. The normalized spacial score (nSPS) is 12.3. The minimum Gasteiger partial charge on any atom is -0.454 e. The molecule has 0 aliphatic rings. The van der Waals surface area contributed by atoms with Crippen molar-refractivity contribution < 1.29 is 4.42 Å². The Labute approximate surface area is 229 Å². The van der Waals surface area contributed by atoms with E-state index < -0.39 is 0 Å². The van der Waals surface area contributed by atoms with Crippen LogP contribution in [0, 0.1) is 20.8 Å². The molecule has 6 aromatic rings. The van der Waals surface area contributed by atoms with Gasteiger partial charge >= 0.3 is 0 Å². The van der Waals surface area contributed by atoms with Gasteiger partial charge in [-0.05, 0) is 56.2 Å². The molecule has 194 valence electrons. The number of hydrogen-bond donors (Lipinski definition) is 0. The van der Waals surface area contributed by atoms with Crippen molar-refractivity contribution in [2.45, 2.75) is 20.8 Å². The zero-order valence-corrected chi connectivity index (χ0v) is 22.9. The molecule has 7 nitrogen and oxygen atoms in total. The first-order chi connectivity index (χ1) is 18.9. The zero-order chi connectivity index (χ0) is 27.1. The van der Waals surface area contributed by atoms with Crippen molar-refractivity contribution in [3.63, 3.8) is 0 Å². The van der Waals surface area contributed by atoms with Gasteiger partial charge in [0.1, 0.15) is 11.3 Å². The van der Waals surface area contributed by atoms with Gasteiger partial charge in [-0.25, -0.2) is 14.4 Å². The molecular weight excluding hydrogens is 506 g/mol. The van der Waals surface area contributed by atoms with Crippen LogP contribution in [0.1, 0.15) is 22.4 Å². The van der Waals surface area contributed by atoms with Gasteiger partial charge in [-0.1, -0.05) is 60.2 Å². The average molecular weight is 534 g/mol. The second-order valence-electron chi connectivity index (χ2n) is 9.49. The number of nitrogens with zero attached hydrogens (tertiary/aromatic N) is 5. The maximum absolute atomic E-state index is 13.6. The molecule has 0 N–H and O–H groups in total. The molecule has 0 radical (unpaired) electrons. The van der Waals surface area contributed by atoms with Gasteiger partial charge in [-0.2, -0.15) is 5.10 Å². The van der Waals surface area contributed by atoms with Crippen LogP contribution < -0.4 is 10.4 Å². The Bertz CT molecular complexity index is 1950. The third-order valence-electron chi connectivity index (χ3n) is 6.84. The summed E-state index contributed by atoms with van der Waals surface area (Å²) in [6.45, 7) is 6.02. The lowest BCUT2D eigenvalue weighted by Gasteiger charge is -2.07. The standard InChI is InChI=1S/C31H27N5O2S/c1-20-14-15-21(2)24(16-20)18-32-35-26(28-17-23-10-8-9-13-27(23)38-28)19-39-31(35)33-29-22(3)34(4)36(30(29)37)25-11-6-5-7-12-25/h5-19H,1-4H3. The molecule has 6 rings (SSSR count). The SMILES string of the molecule is Cc1ccc(C)c(C=Nn2c(-c3cc4ccccc4o3)csc2=Nc2c(C)n(C)n(-c3ccccc3)c2=O)c1. The number of para-hydroxylation sites is 2. The molecular formula is C31H27N5O2S. The summed E-state index contributed by atoms with van der Waals surface area (Å²) in [6, 6.07) is 25.7. The van der Waals surface area contributed by atoms with E-state index >= 15 is 0 Å². The number of aryl methyl sites for hydroxylation is 2. The molecule has 8 heteroatoms. The molecule has 0 aliphatic carbocycles. The van der Waals surface area contributed by atoms with E-state index in [1.165, 1.54) is 11.3 Å². The number of aromatic nitrogens is 3. The van der Waals surface area contributed by atoms with Crippen molar-refractivity contribution in [2.24, 2.45) is 17.1 Å². The number of fused-ring (bicyclic) bond motifs is 1. The van der Waals surface area contributed by atoms with E-state index in [1.807, 2.05) is 90.9 Å². The first-order valence-electron chi connectivity index (χ1n) is 12.6. The number of benzene rings is 3. The molecule has 0 bridgehead atoms. The van der Waals surface area contributed by atoms with Gasteiger partial charge in [0.05, 0.1) is 17.6 Å². The van der Waals surface area contributed by atoms with Crippen molar-refractivity contribution in [3.8, 4) is 17.1 Å². The summed E-state index contributed by atoms with van der Waals surface area (Å²) in [5.74, 6) is 0.679. The Kier molecular flexibility index (Phi) is 6.24. The topological polar surface area (TPSA) is 69.7 Å². The molecule has 3 aromatic heterocycles. The number of hydrogen-bond acceptors (Lipinski definition) is 5. The van der Waals surface area contributed by atoms with Crippen LogP contribution in [0.25, 0.3) is 28.1 Å². The quantitative estimate of drug-likeness (QED) is 0.238. The van der Waals surface area contributed by atoms with Crippen LogP contribution in [-0.4, -0.2) is 20.3 Å². The van der Waals surface area contributed by atoms with Crippen molar-refractivity contribution >= 4 is 34.2 Å². The first kappa shape index (κ1) is 24.6. The molecule has 0 spiro atoms. The van der Waals surface area contributed by atoms with E-state index in [0.29, 0.717) is 16.2 Å². The van der Waals surface area contributed by atoms with Gasteiger partial charge in [-0.3, -0.25) is 9.48 Å². The van der Waals surface area contributed by atoms with Gasteiger partial charge in [0.15, 0.2) is 11.4 Å². The van der Waals surface area contributed by atoms with E-state index in [9.17, 15) is 4.79 Å². The van der Waals surface area contributed by atoms with Crippen LogP contribution in [-0.2, 0) is 7.05 Å². The summed E-state index contributed by atoms with van der Waals surface area (Å²) in [5.41, 5.74) is 6.56. The van der Waals surface area contributed by atoms with Gasteiger partial charge in [-0.15, -0.1) is 11.3 Å². The molecule has 0 saturated heterocycles. The Hall–Kier alpha value is -4.69. The third kappa shape index (κ3) is 4.49. The molecule has 3 aromatic carbocycles. The zero-order valence-electron chi connectivity index (χ0n) is 22.1. The third-order valence-corrected chi connectivity index (χ3v) is 7.66. The smallest absolute Gasteiger partial charge is 0.297 e. The highest BCUT2D eigenvalue weighted by atomic mass is 32.1. The fourth-order valence-electron chi connectivity index (χ4n) is 4.56. The number of thiazole rings is 1. The van der Waals surface area contributed by atoms with Crippen LogP contribution in [0.3, 0.4) is 0 Å². The van der Waals surface area contributed by atoms with E-state index in [4.69, 9.17) is 14.5 Å². The number of furan rings is 1. The van der Waals surface area contributed by atoms with E-state index in [0.717, 1.165) is 44.7 Å². The summed E-state index contributed by atoms with van der Waals surface area (Å²) in [7, 11) is 1.86. The fourth-order valence-corrected chi connectivity index (χ4v) is 5.39. The summed E-state index contributed by atoms with van der Waals surface area (Å²) in [5, 5.41) is 7.83.